The Morgan fingerprint density at radius 1 is 1.10 bits per heavy atom. The maximum absolute atomic E-state index is 5.84. The number of nitrogen functional groups attached to an aromatic ring is 1. The number of hydrogen-bond acceptors (Lipinski definition) is 5. The quantitative estimate of drug-likeness (QED) is 0.650. The third-order valence-electron chi connectivity index (χ3n) is 2.98. The highest BCUT2D eigenvalue weighted by Crippen LogP contribution is 2.31. The lowest BCUT2D eigenvalue weighted by Gasteiger charge is -2.07. The summed E-state index contributed by atoms with van der Waals surface area (Å²) in [5.41, 5.74) is 9.96. The van der Waals surface area contributed by atoms with Crippen molar-refractivity contribution in [1.82, 2.24) is 0 Å². The Labute approximate surface area is 118 Å². The van der Waals surface area contributed by atoms with Gasteiger partial charge in [-0.3, -0.25) is 0 Å². The second-order valence-electron chi connectivity index (χ2n) is 4.38. The van der Waals surface area contributed by atoms with Crippen molar-refractivity contribution in [3.8, 4) is 5.75 Å². The molecule has 2 rings (SSSR count). The van der Waals surface area contributed by atoms with E-state index in [1.165, 1.54) is 0 Å². The van der Waals surface area contributed by atoms with E-state index in [9.17, 15) is 0 Å². The summed E-state index contributed by atoms with van der Waals surface area (Å²) in [4.78, 5) is 0. The highest BCUT2D eigenvalue weighted by Gasteiger charge is 2.04. The van der Waals surface area contributed by atoms with Gasteiger partial charge < -0.3 is 15.8 Å². The molecule has 0 spiro atoms. The zero-order chi connectivity index (χ0) is 14.5. The molecule has 0 fully saturated rings. The maximum atomic E-state index is 5.84. The maximum Gasteiger partial charge on any atom is 0.143 e. The smallest absolute Gasteiger partial charge is 0.143 e. The molecule has 20 heavy (non-hydrogen) atoms. The summed E-state index contributed by atoms with van der Waals surface area (Å²) < 4.78 is 5.19. The number of hydrogen-bond donors (Lipinski definition) is 2. The first-order valence-electron chi connectivity index (χ1n) is 6.27. The molecule has 0 radical (unpaired) electrons. The van der Waals surface area contributed by atoms with E-state index in [1.807, 2.05) is 44.3 Å². The number of methoxy groups -OCH3 is 1. The van der Waals surface area contributed by atoms with E-state index < -0.39 is 0 Å². The van der Waals surface area contributed by atoms with Gasteiger partial charge in [0.25, 0.3) is 0 Å². The van der Waals surface area contributed by atoms with Gasteiger partial charge in [-0.05, 0) is 42.8 Å². The van der Waals surface area contributed by atoms with E-state index in [2.05, 4.69) is 15.5 Å². The van der Waals surface area contributed by atoms with Gasteiger partial charge >= 0.3 is 0 Å². The molecule has 2 aromatic rings. The van der Waals surface area contributed by atoms with Gasteiger partial charge in [0.1, 0.15) is 5.75 Å². The average Bonchev–Trinajstić information content (AvgIpc) is 2.47. The molecule has 0 aromatic heterocycles. The van der Waals surface area contributed by atoms with Crippen LogP contribution in [0.4, 0.5) is 22.7 Å². The lowest BCUT2D eigenvalue weighted by atomic mass is 10.1. The predicted octanol–water partition coefficient (Wildman–Crippen LogP) is 4.04. The van der Waals surface area contributed by atoms with Crippen molar-refractivity contribution in [3.63, 3.8) is 0 Å². The summed E-state index contributed by atoms with van der Waals surface area (Å²) in [5.74, 6) is 0.607. The van der Waals surface area contributed by atoms with Crippen molar-refractivity contribution in [1.29, 1.82) is 0 Å². The van der Waals surface area contributed by atoms with Gasteiger partial charge in [0.2, 0.25) is 0 Å². The van der Waals surface area contributed by atoms with Crippen LogP contribution in [0.25, 0.3) is 0 Å². The Hall–Kier alpha value is -2.56. The third kappa shape index (κ3) is 3.06. The third-order valence-corrected chi connectivity index (χ3v) is 2.98. The topological polar surface area (TPSA) is 72.0 Å². The molecule has 0 atom stereocenters. The standard InChI is InChI=1S/C15H18N4O/c1-10-8-13(16)15(20-3)9-14(10)19-18-12-6-4-11(17-2)5-7-12/h4-9,17H,16H2,1-3H3/b19-18+. The minimum Gasteiger partial charge on any atom is -0.495 e. The van der Waals surface area contributed by atoms with Crippen LogP contribution in [0.5, 0.6) is 5.75 Å². The lowest BCUT2D eigenvalue weighted by Crippen LogP contribution is -1.92. The van der Waals surface area contributed by atoms with E-state index in [1.54, 1.807) is 13.2 Å². The molecule has 3 N–H and O–H groups in total. The molecular formula is C15H18N4O. The SMILES string of the molecule is CNc1ccc(/N=N/c2cc(OC)c(N)cc2C)cc1. The number of nitrogens with two attached hydrogens (primary N) is 1. The molecule has 5 heteroatoms. The van der Waals surface area contributed by atoms with Crippen LogP contribution in [0, 0.1) is 6.92 Å². The summed E-state index contributed by atoms with van der Waals surface area (Å²) in [5, 5.41) is 11.5. The molecule has 5 nitrogen and oxygen atoms in total. The van der Waals surface area contributed by atoms with Crippen LogP contribution in [0.3, 0.4) is 0 Å². The normalized spacial score (nSPS) is 10.8. The van der Waals surface area contributed by atoms with Crippen LogP contribution in [-0.2, 0) is 0 Å². The molecule has 2 aromatic carbocycles. The Morgan fingerprint density at radius 3 is 2.40 bits per heavy atom. The van der Waals surface area contributed by atoms with Gasteiger partial charge in [-0.25, -0.2) is 0 Å². The molecule has 0 aliphatic rings. The van der Waals surface area contributed by atoms with Crippen LogP contribution in [0.1, 0.15) is 5.56 Å². The van der Waals surface area contributed by atoms with E-state index in [4.69, 9.17) is 10.5 Å². The number of nitrogens with zero attached hydrogens (tertiary/aromatic N) is 2. The molecular weight excluding hydrogens is 252 g/mol. The van der Waals surface area contributed by atoms with E-state index in [0.29, 0.717) is 11.4 Å². The average molecular weight is 270 g/mol. The van der Waals surface area contributed by atoms with Crippen molar-refractivity contribution in [2.45, 2.75) is 6.92 Å². The number of rotatable bonds is 4. The molecule has 0 aliphatic carbocycles. The molecule has 0 bridgehead atoms. The fourth-order valence-electron chi connectivity index (χ4n) is 1.79. The van der Waals surface area contributed by atoms with Gasteiger partial charge in [-0.15, -0.1) is 0 Å². The van der Waals surface area contributed by atoms with Gasteiger partial charge in [0, 0.05) is 18.8 Å². The highest BCUT2D eigenvalue weighted by atomic mass is 16.5. The van der Waals surface area contributed by atoms with Crippen LogP contribution in [0.15, 0.2) is 46.6 Å². The minimum absolute atomic E-state index is 0.599. The number of benzene rings is 2. The van der Waals surface area contributed by atoms with E-state index >= 15 is 0 Å². The van der Waals surface area contributed by atoms with Crippen molar-refractivity contribution in [2.24, 2.45) is 10.2 Å². The number of azo groups is 1. The number of aryl methyl sites for hydroxylation is 1. The largest absolute Gasteiger partial charge is 0.495 e. The molecule has 0 heterocycles. The van der Waals surface area contributed by atoms with Crippen molar-refractivity contribution < 1.29 is 4.74 Å². The summed E-state index contributed by atoms with van der Waals surface area (Å²) in [6, 6.07) is 11.3. The monoisotopic (exact) mass is 270 g/mol. The fourth-order valence-corrected chi connectivity index (χ4v) is 1.79. The Kier molecular flexibility index (Phi) is 4.20. The zero-order valence-electron chi connectivity index (χ0n) is 11.8. The lowest BCUT2D eigenvalue weighted by molar-refractivity contribution is 0.417. The fraction of sp³-hybridized carbons (Fsp3) is 0.200. The Bertz CT molecular complexity index is 621. The van der Waals surface area contributed by atoms with Gasteiger partial charge in [0.15, 0.2) is 0 Å². The highest BCUT2D eigenvalue weighted by molar-refractivity contribution is 5.63. The minimum atomic E-state index is 0.599. The summed E-state index contributed by atoms with van der Waals surface area (Å²) in [6.07, 6.45) is 0. The van der Waals surface area contributed by atoms with E-state index in [0.717, 1.165) is 22.6 Å². The summed E-state index contributed by atoms with van der Waals surface area (Å²) in [6.45, 7) is 1.94. The van der Waals surface area contributed by atoms with Crippen molar-refractivity contribution >= 4 is 22.7 Å². The second kappa shape index (κ2) is 6.06. The second-order valence-corrected chi connectivity index (χ2v) is 4.38. The molecule has 0 aliphatic heterocycles. The summed E-state index contributed by atoms with van der Waals surface area (Å²) in [7, 11) is 3.46. The van der Waals surface area contributed by atoms with Gasteiger partial charge in [-0.1, -0.05) is 0 Å². The number of anilines is 2. The summed E-state index contributed by atoms with van der Waals surface area (Å²) >= 11 is 0. The van der Waals surface area contributed by atoms with Crippen LogP contribution in [-0.4, -0.2) is 14.2 Å². The van der Waals surface area contributed by atoms with E-state index in [-0.39, 0.29) is 0 Å². The first-order valence-corrected chi connectivity index (χ1v) is 6.27. The van der Waals surface area contributed by atoms with Crippen LogP contribution in [0.2, 0.25) is 0 Å². The van der Waals surface area contributed by atoms with Crippen LogP contribution < -0.4 is 15.8 Å². The Morgan fingerprint density at radius 2 is 1.80 bits per heavy atom. The van der Waals surface area contributed by atoms with Crippen LogP contribution >= 0.6 is 0 Å². The van der Waals surface area contributed by atoms with Gasteiger partial charge in [-0.2, -0.15) is 10.2 Å². The molecule has 104 valence electrons. The molecule has 0 saturated heterocycles. The Balaban J connectivity index is 2.26. The molecule has 0 amide bonds. The zero-order valence-corrected chi connectivity index (χ0v) is 11.8. The van der Waals surface area contributed by atoms with Gasteiger partial charge in [0.05, 0.1) is 24.2 Å². The predicted molar refractivity (Wildman–Crippen MR) is 82.3 cm³/mol. The molecule has 0 unspecified atom stereocenters. The first-order chi connectivity index (χ1) is 9.63. The van der Waals surface area contributed by atoms with Crippen molar-refractivity contribution in [2.75, 3.05) is 25.2 Å². The number of nitrogens with one attached hydrogen (secondary N) is 1. The number of ether oxygens (including phenoxy) is 1. The van der Waals surface area contributed by atoms with Crippen molar-refractivity contribution in [3.05, 3.63) is 42.0 Å². The first kappa shape index (κ1) is 13.9. The molecule has 0 saturated carbocycles.